The quantitative estimate of drug-likeness (QED) is 0.377. The highest BCUT2D eigenvalue weighted by Gasteiger charge is 2.07. The Morgan fingerprint density at radius 3 is 2.58 bits per heavy atom. The van der Waals surface area contributed by atoms with Crippen LogP contribution in [0.15, 0.2) is 94.4 Å². The summed E-state index contributed by atoms with van der Waals surface area (Å²) in [5.41, 5.74) is 6.88. The maximum Gasteiger partial charge on any atom is 0.146 e. The lowest BCUT2D eigenvalue weighted by Gasteiger charge is -2.07. The third-order valence-corrected chi connectivity index (χ3v) is 5.16. The van der Waals surface area contributed by atoms with E-state index < -0.39 is 0 Å². The van der Waals surface area contributed by atoms with E-state index in [9.17, 15) is 0 Å². The maximum atomic E-state index is 6.21. The number of aromatic nitrogens is 1. The fourth-order valence-electron chi connectivity index (χ4n) is 3.51. The Morgan fingerprint density at radius 1 is 0.903 bits per heavy atom. The second-order valence-corrected chi connectivity index (χ2v) is 7.34. The third-order valence-electron chi connectivity index (χ3n) is 5.16. The highest BCUT2D eigenvalue weighted by atomic mass is 16.5. The fourth-order valence-corrected chi connectivity index (χ4v) is 3.51. The van der Waals surface area contributed by atoms with Crippen LogP contribution >= 0.6 is 0 Å². The maximum absolute atomic E-state index is 6.21. The molecule has 0 spiro atoms. The smallest absolute Gasteiger partial charge is 0.146 e. The van der Waals surface area contributed by atoms with Gasteiger partial charge >= 0.3 is 0 Å². The van der Waals surface area contributed by atoms with Crippen LogP contribution in [0.1, 0.15) is 5.56 Å². The second-order valence-electron chi connectivity index (χ2n) is 7.34. The highest BCUT2D eigenvalue weighted by Crippen LogP contribution is 2.25. The monoisotopic (exact) mass is 407 g/mol. The molecule has 5 rings (SSSR count). The minimum absolute atomic E-state index is 0.686. The number of hydrogen-bond acceptors (Lipinski definition) is 5. The molecule has 3 aromatic carbocycles. The van der Waals surface area contributed by atoms with Gasteiger partial charge in [-0.05, 0) is 67.1 Å². The molecule has 5 nitrogen and oxygen atoms in total. The lowest BCUT2D eigenvalue weighted by atomic mass is 10.1. The van der Waals surface area contributed by atoms with Gasteiger partial charge in [-0.2, -0.15) is 5.10 Å². The Kier molecular flexibility index (Phi) is 4.84. The van der Waals surface area contributed by atoms with Crippen molar-refractivity contribution in [1.82, 2.24) is 4.98 Å². The third kappa shape index (κ3) is 3.85. The zero-order valence-electron chi connectivity index (χ0n) is 17.3. The first-order chi connectivity index (χ1) is 15.2. The van der Waals surface area contributed by atoms with E-state index in [1.54, 1.807) is 7.11 Å². The molecule has 1 N–H and O–H groups in total. The van der Waals surface area contributed by atoms with Gasteiger partial charge in [0.05, 0.1) is 18.0 Å². The summed E-state index contributed by atoms with van der Waals surface area (Å²) >= 11 is 0. The van der Waals surface area contributed by atoms with Crippen LogP contribution in [0.4, 0.5) is 5.82 Å². The Labute approximate surface area is 179 Å². The Balaban J connectivity index is 1.61. The van der Waals surface area contributed by atoms with Gasteiger partial charge in [0.1, 0.15) is 22.9 Å². The van der Waals surface area contributed by atoms with Crippen molar-refractivity contribution < 1.29 is 9.15 Å². The number of aryl methyl sites for hydroxylation is 1. The normalized spacial score (nSPS) is 11.7. The molecule has 5 aromatic rings. The molecule has 5 heteroatoms. The molecule has 0 unspecified atom stereocenters. The predicted molar refractivity (Wildman–Crippen MR) is 124 cm³/mol. The number of nitrogens with zero attached hydrogens (tertiary/aromatic N) is 2. The lowest BCUT2D eigenvalue weighted by Crippen LogP contribution is -2.08. The molecule has 0 aliphatic rings. The van der Waals surface area contributed by atoms with Crippen molar-refractivity contribution in [2.75, 3.05) is 12.5 Å². The van der Waals surface area contributed by atoms with Gasteiger partial charge in [-0.15, -0.1) is 0 Å². The van der Waals surface area contributed by atoms with Gasteiger partial charge in [-0.3, -0.25) is 5.43 Å². The number of pyridine rings is 1. The topological polar surface area (TPSA) is 59.6 Å². The van der Waals surface area contributed by atoms with E-state index in [0.717, 1.165) is 49.9 Å². The van der Waals surface area contributed by atoms with Crippen LogP contribution in [0, 0.1) is 6.92 Å². The number of ether oxygens (including phenoxy) is 1. The predicted octanol–water partition coefficient (Wildman–Crippen LogP) is 5.89. The number of rotatable bonds is 4. The number of para-hydroxylation sites is 1. The van der Waals surface area contributed by atoms with Crippen molar-refractivity contribution in [2.24, 2.45) is 5.10 Å². The molecule has 0 fully saturated rings. The second kappa shape index (κ2) is 7.95. The molecule has 0 aliphatic carbocycles. The molecule has 2 aromatic heterocycles. The summed E-state index contributed by atoms with van der Waals surface area (Å²) in [5.74, 6) is 2.22. The Hall–Kier alpha value is -4.12. The largest absolute Gasteiger partial charge is 0.497 e. The summed E-state index contributed by atoms with van der Waals surface area (Å²) in [4.78, 5) is 4.64. The first-order valence-corrected chi connectivity index (χ1v) is 10.0. The van der Waals surface area contributed by atoms with Crippen LogP contribution in [0.25, 0.3) is 33.2 Å². The first kappa shape index (κ1) is 18.9. The standard InChI is InChI=1S/C26H21N3O2/c1-17-7-13-21-23(28-29-26-14-10-18-5-3-4-6-22(18)27-26)16-24(31-25(21)15-17)19-8-11-20(30-2)12-9-19/h3-16H,1-2H3,(H,27,29)/b28-23+. The lowest BCUT2D eigenvalue weighted by molar-refractivity contribution is 0.415. The minimum Gasteiger partial charge on any atom is -0.497 e. The minimum atomic E-state index is 0.686. The molecule has 0 radical (unpaired) electrons. The number of nitrogens with one attached hydrogen (secondary N) is 1. The molecule has 152 valence electrons. The van der Waals surface area contributed by atoms with Gasteiger partial charge in [-0.25, -0.2) is 4.98 Å². The average Bonchev–Trinajstić information content (AvgIpc) is 2.82. The number of fused-ring (bicyclic) bond motifs is 2. The van der Waals surface area contributed by atoms with Crippen LogP contribution in [-0.2, 0) is 0 Å². The van der Waals surface area contributed by atoms with Crippen molar-refractivity contribution in [2.45, 2.75) is 6.92 Å². The van der Waals surface area contributed by atoms with E-state index in [2.05, 4.69) is 21.6 Å². The molecular formula is C26H21N3O2. The van der Waals surface area contributed by atoms with Crippen LogP contribution in [0.5, 0.6) is 5.75 Å². The van der Waals surface area contributed by atoms with Gasteiger partial charge in [0.25, 0.3) is 0 Å². The van der Waals surface area contributed by atoms with Crippen LogP contribution in [0.3, 0.4) is 0 Å². The Bertz CT molecular complexity index is 1450. The number of hydrogen-bond donors (Lipinski definition) is 1. The first-order valence-electron chi connectivity index (χ1n) is 10.0. The van der Waals surface area contributed by atoms with E-state index in [0.29, 0.717) is 5.82 Å². The van der Waals surface area contributed by atoms with E-state index >= 15 is 0 Å². The van der Waals surface area contributed by atoms with E-state index in [4.69, 9.17) is 9.15 Å². The van der Waals surface area contributed by atoms with Gasteiger partial charge in [0.2, 0.25) is 0 Å². The number of methoxy groups -OCH3 is 1. The van der Waals surface area contributed by atoms with Crippen LogP contribution in [0.2, 0.25) is 0 Å². The van der Waals surface area contributed by atoms with Crippen LogP contribution < -0.4 is 15.5 Å². The summed E-state index contributed by atoms with van der Waals surface area (Å²) in [6, 6.07) is 27.8. The van der Waals surface area contributed by atoms with E-state index in [1.807, 2.05) is 85.8 Å². The molecule has 0 bridgehead atoms. The molecule has 2 heterocycles. The Morgan fingerprint density at radius 2 is 1.74 bits per heavy atom. The molecule has 0 saturated heterocycles. The van der Waals surface area contributed by atoms with Crippen molar-refractivity contribution >= 4 is 27.7 Å². The van der Waals surface area contributed by atoms with Crippen molar-refractivity contribution in [3.63, 3.8) is 0 Å². The summed E-state index contributed by atoms with van der Waals surface area (Å²) in [5, 5.41) is 7.46. The summed E-state index contributed by atoms with van der Waals surface area (Å²) < 4.78 is 11.5. The van der Waals surface area contributed by atoms with Crippen molar-refractivity contribution in [3.05, 3.63) is 95.8 Å². The van der Waals surface area contributed by atoms with Crippen molar-refractivity contribution in [1.29, 1.82) is 0 Å². The SMILES string of the molecule is COc1ccc(-c2c/c(=N\Nc3ccc4ccccc4n3)c3ccc(C)cc3o2)cc1. The van der Waals surface area contributed by atoms with Gasteiger partial charge in [0.15, 0.2) is 0 Å². The molecule has 0 saturated carbocycles. The highest BCUT2D eigenvalue weighted by molar-refractivity contribution is 5.80. The van der Waals surface area contributed by atoms with Gasteiger partial charge < -0.3 is 9.15 Å². The molecule has 0 amide bonds. The van der Waals surface area contributed by atoms with Gasteiger partial charge in [-0.1, -0.05) is 24.3 Å². The van der Waals surface area contributed by atoms with E-state index in [1.165, 1.54) is 0 Å². The van der Waals surface area contributed by atoms with E-state index in [-0.39, 0.29) is 0 Å². The zero-order valence-corrected chi connectivity index (χ0v) is 17.3. The molecule has 0 aliphatic heterocycles. The number of anilines is 1. The summed E-state index contributed by atoms with van der Waals surface area (Å²) in [6.45, 7) is 2.04. The van der Waals surface area contributed by atoms with Gasteiger partial charge in [0, 0.05) is 22.4 Å². The number of benzene rings is 3. The van der Waals surface area contributed by atoms with Crippen LogP contribution in [-0.4, -0.2) is 12.1 Å². The molecule has 31 heavy (non-hydrogen) atoms. The molecule has 0 atom stereocenters. The van der Waals surface area contributed by atoms with Crippen molar-refractivity contribution in [3.8, 4) is 17.1 Å². The fraction of sp³-hybridized carbons (Fsp3) is 0.0769. The zero-order chi connectivity index (χ0) is 21.2. The summed E-state index contributed by atoms with van der Waals surface area (Å²) in [7, 11) is 1.65. The molecular weight excluding hydrogens is 386 g/mol. The average molecular weight is 407 g/mol. The summed E-state index contributed by atoms with van der Waals surface area (Å²) in [6.07, 6.45) is 0.